The van der Waals surface area contributed by atoms with E-state index in [1.165, 1.54) is 17.7 Å². The van der Waals surface area contributed by atoms with Crippen LogP contribution in [-0.4, -0.2) is 63.7 Å². The highest BCUT2D eigenvalue weighted by Crippen LogP contribution is 2.20. The van der Waals surface area contributed by atoms with Crippen LogP contribution in [0.2, 0.25) is 0 Å². The van der Waals surface area contributed by atoms with Gasteiger partial charge >= 0.3 is 5.97 Å². The predicted octanol–water partition coefficient (Wildman–Crippen LogP) is 1.01. The summed E-state index contributed by atoms with van der Waals surface area (Å²) >= 11 is 0. The van der Waals surface area contributed by atoms with Gasteiger partial charge in [0.2, 0.25) is 5.78 Å². The number of aryl methyl sites for hydroxylation is 1. The number of carbonyl (C=O) groups is 2. The second-order valence-corrected chi connectivity index (χ2v) is 7.15. The van der Waals surface area contributed by atoms with Crippen molar-refractivity contribution in [1.82, 2.24) is 4.98 Å². The van der Waals surface area contributed by atoms with Crippen LogP contribution < -0.4 is 14.5 Å². The first-order chi connectivity index (χ1) is 13.4. The third kappa shape index (κ3) is 4.04. The number of nitrogens with zero attached hydrogens (tertiary/aromatic N) is 1. The number of esters is 1. The van der Waals surface area contributed by atoms with E-state index in [9.17, 15) is 9.59 Å². The fourth-order valence-electron chi connectivity index (χ4n) is 3.80. The lowest BCUT2D eigenvalue weighted by molar-refractivity contribution is -0.892. The molecule has 7 nitrogen and oxygen atoms in total. The van der Waals surface area contributed by atoms with E-state index >= 15 is 0 Å². The van der Waals surface area contributed by atoms with Crippen molar-refractivity contribution in [2.45, 2.75) is 13.8 Å². The van der Waals surface area contributed by atoms with Crippen molar-refractivity contribution < 1.29 is 24.0 Å². The highest BCUT2D eigenvalue weighted by Gasteiger charge is 2.27. The molecule has 2 N–H and O–H groups in total. The molecule has 0 spiro atoms. The largest absolute Gasteiger partial charge is 0.497 e. The molecule has 7 heteroatoms. The predicted molar refractivity (Wildman–Crippen MR) is 107 cm³/mol. The van der Waals surface area contributed by atoms with Crippen molar-refractivity contribution in [3.8, 4) is 5.75 Å². The maximum Gasteiger partial charge on any atom is 0.339 e. The number of Topliss-reactive ketones (excluding diaryl/α,β-unsaturated/α-hetero) is 1. The zero-order valence-corrected chi connectivity index (χ0v) is 16.9. The number of aromatic amines is 1. The van der Waals surface area contributed by atoms with E-state index in [-0.39, 0.29) is 5.78 Å². The van der Waals surface area contributed by atoms with Crippen LogP contribution in [0.3, 0.4) is 0 Å². The molecule has 28 heavy (non-hydrogen) atoms. The van der Waals surface area contributed by atoms with Gasteiger partial charge in [-0.3, -0.25) is 4.79 Å². The lowest BCUT2D eigenvalue weighted by Gasteiger charge is -2.33. The first-order valence-corrected chi connectivity index (χ1v) is 9.47. The minimum atomic E-state index is -0.411. The highest BCUT2D eigenvalue weighted by atomic mass is 16.5. The third-order valence-corrected chi connectivity index (χ3v) is 5.42. The molecule has 1 saturated heterocycles. The van der Waals surface area contributed by atoms with Crippen LogP contribution in [0.5, 0.6) is 5.75 Å². The van der Waals surface area contributed by atoms with Gasteiger partial charge < -0.3 is 24.3 Å². The molecule has 1 aromatic heterocycles. The van der Waals surface area contributed by atoms with E-state index in [1.54, 1.807) is 21.0 Å². The summed E-state index contributed by atoms with van der Waals surface area (Å²) in [7, 11) is 3.01. The van der Waals surface area contributed by atoms with Crippen LogP contribution in [0.25, 0.3) is 0 Å². The Morgan fingerprint density at radius 3 is 2.32 bits per heavy atom. The summed E-state index contributed by atoms with van der Waals surface area (Å²) in [6, 6.07) is 8.06. The van der Waals surface area contributed by atoms with Gasteiger partial charge in [0.15, 0.2) is 0 Å². The number of carbonyl (C=O) groups excluding carboxylic acids is 2. The SMILES string of the molecule is COC(=O)c1c(C)[nH]c(C(=O)C[NH+]2CCN(c3ccc(OC)cc3)CC2)c1C. The number of nitrogens with one attached hydrogen (secondary N) is 2. The molecular formula is C21H28N3O4+. The van der Waals surface area contributed by atoms with Gasteiger partial charge in [-0.15, -0.1) is 0 Å². The topological polar surface area (TPSA) is 76.1 Å². The Balaban J connectivity index is 1.60. The van der Waals surface area contributed by atoms with Gasteiger partial charge in [-0.2, -0.15) is 0 Å². The number of anilines is 1. The van der Waals surface area contributed by atoms with E-state index in [4.69, 9.17) is 9.47 Å². The Kier molecular flexibility index (Phi) is 6.04. The fraction of sp³-hybridized carbons (Fsp3) is 0.429. The van der Waals surface area contributed by atoms with Gasteiger partial charge in [0.05, 0.1) is 51.7 Å². The molecule has 1 aliphatic heterocycles. The van der Waals surface area contributed by atoms with Crippen LogP contribution in [0, 0.1) is 13.8 Å². The van der Waals surface area contributed by atoms with Crippen molar-refractivity contribution >= 4 is 17.4 Å². The van der Waals surface area contributed by atoms with E-state index in [0.717, 1.165) is 31.9 Å². The molecule has 0 amide bonds. The van der Waals surface area contributed by atoms with Gasteiger partial charge in [-0.1, -0.05) is 0 Å². The van der Waals surface area contributed by atoms with Crippen molar-refractivity contribution in [2.24, 2.45) is 0 Å². The van der Waals surface area contributed by atoms with Crippen molar-refractivity contribution in [3.63, 3.8) is 0 Å². The van der Waals surface area contributed by atoms with Crippen LogP contribution in [0.1, 0.15) is 32.1 Å². The minimum Gasteiger partial charge on any atom is -0.497 e. The van der Waals surface area contributed by atoms with Crippen LogP contribution >= 0.6 is 0 Å². The molecule has 0 atom stereocenters. The molecule has 0 saturated carbocycles. The lowest BCUT2D eigenvalue weighted by Crippen LogP contribution is -3.15. The Labute approximate surface area is 165 Å². The van der Waals surface area contributed by atoms with E-state index < -0.39 is 5.97 Å². The lowest BCUT2D eigenvalue weighted by atomic mass is 10.1. The van der Waals surface area contributed by atoms with Crippen molar-refractivity contribution in [2.75, 3.05) is 51.8 Å². The number of hydrogen-bond donors (Lipinski definition) is 2. The number of rotatable bonds is 6. The second kappa shape index (κ2) is 8.48. The summed E-state index contributed by atoms with van der Waals surface area (Å²) in [6.45, 7) is 7.56. The van der Waals surface area contributed by atoms with Gasteiger partial charge in [0.1, 0.15) is 12.3 Å². The quantitative estimate of drug-likeness (QED) is 0.573. The maximum atomic E-state index is 12.8. The number of aromatic nitrogens is 1. The minimum absolute atomic E-state index is 0.0312. The number of ketones is 1. The number of piperazine rings is 1. The average Bonchev–Trinajstić information content (AvgIpc) is 3.02. The molecule has 150 valence electrons. The second-order valence-electron chi connectivity index (χ2n) is 7.15. The third-order valence-electron chi connectivity index (χ3n) is 5.42. The van der Waals surface area contributed by atoms with Crippen LogP contribution in [0.15, 0.2) is 24.3 Å². The fourth-order valence-corrected chi connectivity index (χ4v) is 3.80. The molecule has 1 aliphatic rings. The van der Waals surface area contributed by atoms with E-state index in [2.05, 4.69) is 22.0 Å². The molecule has 1 fully saturated rings. The van der Waals surface area contributed by atoms with Crippen molar-refractivity contribution in [3.05, 3.63) is 46.8 Å². The highest BCUT2D eigenvalue weighted by molar-refractivity contribution is 6.01. The summed E-state index contributed by atoms with van der Waals surface area (Å²) in [5.74, 6) is 0.468. The standard InChI is InChI=1S/C21H27N3O4/c1-14-19(21(26)28-4)15(2)22-20(14)18(25)13-23-9-11-24(12-10-23)16-5-7-17(27-3)8-6-16/h5-8,22H,9-13H2,1-4H3/p+1. The Bertz CT molecular complexity index is 849. The Morgan fingerprint density at radius 1 is 1.11 bits per heavy atom. The molecule has 2 heterocycles. The average molecular weight is 386 g/mol. The Hall–Kier alpha value is -2.80. The van der Waals surface area contributed by atoms with Crippen molar-refractivity contribution in [1.29, 1.82) is 0 Å². The monoisotopic (exact) mass is 386 g/mol. The molecule has 0 bridgehead atoms. The first kappa shape index (κ1) is 19.9. The summed E-state index contributed by atoms with van der Waals surface area (Å²) in [5, 5.41) is 0. The molecule has 3 rings (SSSR count). The molecule has 0 radical (unpaired) electrons. The maximum absolute atomic E-state index is 12.8. The first-order valence-electron chi connectivity index (χ1n) is 9.47. The zero-order valence-electron chi connectivity index (χ0n) is 16.9. The molecule has 1 aromatic carbocycles. The molecule has 0 unspecified atom stereocenters. The van der Waals surface area contributed by atoms with Gasteiger partial charge in [-0.25, -0.2) is 4.79 Å². The Morgan fingerprint density at radius 2 is 1.75 bits per heavy atom. The number of benzene rings is 1. The summed E-state index contributed by atoms with van der Waals surface area (Å²) < 4.78 is 10.0. The number of hydrogen-bond acceptors (Lipinski definition) is 5. The normalized spacial score (nSPS) is 14.8. The number of quaternary nitrogens is 1. The molecule has 0 aliphatic carbocycles. The molecular weight excluding hydrogens is 358 g/mol. The zero-order chi connectivity index (χ0) is 20.3. The molecule has 2 aromatic rings. The smallest absolute Gasteiger partial charge is 0.339 e. The summed E-state index contributed by atoms with van der Waals surface area (Å²) in [5.41, 5.74) is 3.50. The van der Waals surface area contributed by atoms with E-state index in [0.29, 0.717) is 29.1 Å². The summed E-state index contributed by atoms with van der Waals surface area (Å²) in [6.07, 6.45) is 0. The summed E-state index contributed by atoms with van der Waals surface area (Å²) in [4.78, 5) is 31.4. The number of H-pyrrole nitrogens is 1. The van der Waals surface area contributed by atoms with E-state index in [1.807, 2.05) is 12.1 Å². The number of methoxy groups -OCH3 is 2. The van der Waals surface area contributed by atoms with Crippen LogP contribution in [0.4, 0.5) is 5.69 Å². The number of ether oxygens (including phenoxy) is 2. The van der Waals surface area contributed by atoms with Gasteiger partial charge in [0, 0.05) is 11.4 Å². The van der Waals surface area contributed by atoms with Crippen LogP contribution in [-0.2, 0) is 4.74 Å². The van der Waals surface area contributed by atoms with Gasteiger partial charge in [-0.05, 0) is 43.7 Å². The van der Waals surface area contributed by atoms with Gasteiger partial charge in [0.25, 0.3) is 0 Å².